The summed E-state index contributed by atoms with van der Waals surface area (Å²) in [6.07, 6.45) is 0.902. The molecule has 1 N–H and O–H groups in total. The summed E-state index contributed by atoms with van der Waals surface area (Å²) in [6.45, 7) is 7.22. The van der Waals surface area contributed by atoms with E-state index in [1.54, 1.807) is 13.0 Å². The molecule has 0 saturated heterocycles. The SMILES string of the molecule is Cc1cc(C)n(CCCNc2ccc([N+](=O)[O-])c(C)n2)n1. The highest BCUT2D eigenvalue weighted by molar-refractivity contribution is 5.44. The third-order valence-electron chi connectivity index (χ3n) is 3.21. The fourth-order valence-electron chi connectivity index (χ4n) is 2.19. The number of nitro groups is 1. The maximum Gasteiger partial charge on any atom is 0.290 e. The second-order valence-electron chi connectivity index (χ2n) is 4.99. The number of hydrogen-bond donors (Lipinski definition) is 1. The van der Waals surface area contributed by atoms with E-state index in [0.717, 1.165) is 30.9 Å². The van der Waals surface area contributed by atoms with Crippen LogP contribution in [0.15, 0.2) is 18.2 Å². The fourth-order valence-corrected chi connectivity index (χ4v) is 2.19. The molecule has 2 aromatic heterocycles. The quantitative estimate of drug-likeness (QED) is 0.502. The van der Waals surface area contributed by atoms with Gasteiger partial charge >= 0.3 is 0 Å². The van der Waals surface area contributed by atoms with E-state index in [2.05, 4.69) is 21.5 Å². The summed E-state index contributed by atoms with van der Waals surface area (Å²) in [5.74, 6) is 0.659. The highest BCUT2D eigenvalue weighted by Crippen LogP contribution is 2.17. The Morgan fingerprint density at radius 3 is 2.67 bits per heavy atom. The average Bonchev–Trinajstić information content (AvgIpc) is 2.73. The van der Waals surface area contributed by atoms with Crippen molar-refractivity contribution >= 4 is 11.5 Å². The van der Waals surface area contributed by atoms with Crippen molar-refractivity contribution in [3.8, 4) is 0 Å². The summed E-state index contributed by atoms with van der Waals surface area (Å²) in [4.78, 5) is 14.5. The molecule has 2 heterocycles. The van der Waals surface area contributed by atoms with Gasteiger partial charge in [0.15, 0.2) is 0 Å². The maximum absolute atomic E-state index is 10.7. The van der Waals surface area contributed by atoms with Crippen LogP contribution in [0, 0.1) is 30.9 Å². The maximum atomic E-state index is 10.7. The first-order valence-corrected chi connectivity index (χ1v) is 6.84. The third-order valence-corrected chi connectivity index (χ3v) is 3.21. The molecular weight excluding hydrogens is 270 g/mol. The summed E-state index contributed by atoms with van der Waals surface area (Å²) in [6, 6.07) is 5.16. The van der Waals surface area contributed by atoms with Crippen molar-refractivity contribution in [2.24, 2.45) is 0 Å². The van der Waals surface area contributed by atoms with Gasteiger partial charge < -0.3 is 5.32 Å². The highest BCUT2D eigenvalue weighted by Gasteiger charge is 2.11. The minimum atomic E-state index is -0.422. The van der Waals surface area contributed by atoms with Crippen LogP contribution in [-0.2, 0) is 6.54 Å². The van der Waals surface area contributed by atoms with Crippen LogP contribution in [0.3, 0.4) is 0 Å². The molecule has 0 aliphatic rings. The van der Waals surface area contributed by atoms with Crippen LogP contribution >= 0.6 is 0 Å². The first kappa shape index (κ1) is 15.0. The standard InChI is InChI=1S/C14H19N5O2/c1-10-9-11(2)18(17-10)8-4-7-15-14-6-5-13(19(20)21)12(3)16-14/h5-6,9H,4,7-8H2,1-3H3,(H,15,16). The fraction of sp³-hybridized carbons (Fsp3) is 0.429. The van der Waals surface area contributed by atoms with Crippen LogP contribution < -0.4 is 5.32 Å². The van der Waals surface area contributed by atoms with Crippen LogP contribution in [0.1, 0.15) is 23.5 Å². The Balaban J connectivity index is 1.85. The van der Waals surface area contributed by atoms with E-state index in [1.807, 2.05) is 18.5 Å². The van der Waals surface area contributed by atoms with Gasteiger partial charge in [0, 0.05) is 24.8 Å². The molecule has 112 valence electrons. The summed E-state index contributed by atoms with van der Waals surface area (Å²) >= 11 is 0. The van der Waals surface area contributed by atoms with Crippen LogP contribution in [0.2, 0.25) is 0 Å². The Labute approximate surface area is 123 Å². The molecule has 0 bridgehead atoms. The lowest BCUT2D eigenvalue weighted by Crippen LogP contribution is -2.10. The molecule has 0 radical (unpaired) electrons. The molecule has 7 nitrogen and oxygen atoms in total. The zero-order valence-electron chi connectivity index (χ0n) is 12.5. The first-order valence-electron chi connectivity index (χ1n) is 6.84. The molecule has 0 aliphatic heterocycles. The normalized spacial score (nSPS) is 10.6. The molecule has 2 aromatic rings. The van der Waals surface area contributed by atoms with Crippen molar-refractivity contribution < 1.29 is 4.92 Å². The van der Waals surface area contributed by atoms with E-state index in [4.69, 9.17) is 0 Å². The van der Waals surface area contributed by atoms with Crippen molar-refractivity contribution in [3.63, 3.8) is 0 Å². The van der Waals surface area contributed by atoms with Gasteiger partial charge in [-0.05, 0) is 39.3 Å². The van der Waals surface area contributed by atoms with Crippen molar-refractivity contribution in [3.05, 3.63) is 45.4 Å². The van der Waals surface area contributed by atoms with Gasteiger partial charge in [-0.25, -0.2) is 4.98 Å². The minimum absolute atomic E-state index is 0.0446. The summed E-state index contributed by atoms with van der Waals surface area (Å²) < 4.78 is 1.98. The number of nitrogens with one attached hydrogen (secondary N) is 1. The van der Waals surface area contributed by atoms with Crippen LogP contribution in [0.5, 0.6) is 0 Å². The minimum Gasteiger partial charge on any atom is -0.370 e. The van der Waals surface area contributed by atoms with Gasteiger partial charge in [0.1, 0.15) is 11.5 Å². The van der Waals surface area contributed by atoms with Crippen LogP contribution in [0.4, 0.5) is 11.5 Å². The summed E-state index contributed by atoms with van der Waals surface area (Å²) in [5.41, 5.74) is 2.64. The van der Waals surface area contributed by atoms with Crippen LogP contribution in [0.25, 0.3) is 0 Å². The molecule has 0 unspecified atom stereocenters. The molecule has 7 heteroatoms. The lowest BCUT2D eigenvalue weighted by Gasteiger charge is -2.07. The van der Waals surface area contributed by atoms with E-state index in [0.29, 0.717) is 11.5 Å². The number of rotatable bonds is 6. The number of nitrogens with zero attached hydrogens (tertiary/aromatic N) is 4. The van der Waals surface area contributed by atoms with E-state index in [9.17, 15) is 10.1 Å². The zero-order chi connectivity index (χ0) is 15.4. The van der Waals surface area contributed by atoms with Gasteiger partial charge in [0.25, 0.3) is 5.69 Å². The largest absolute Gasteiger partial charge is 0.370 e. The van der Waals surface area contributed by atoms with Gasteiger partial charge in [-0.3, -0.25) is 14.8 Å². The van der Waals surface area contributed by atoms with E-state index in [-0.39, 0.29) is 5.69 Å². The molecule has 0 fully saturated rings. The molecular formula is C14H19N5O2. The van der Waals surface area contributed by atoms with E-state index in [1.165, 1.54) is 6.07 Å². The molecule has 0 saturated carbocycles. The first-order chi connectivity index (χ1) is 9.97. The number of hydrogen-bond acceptors (Lipinski definition) is 5. The Morgan fingerprint density at radius 2 is 2.10 bits per heavy atom. The summed E-state index contributed by atoms with van der Waals surface area (Å²) in [5, 5.41) is 18.3. The van der Waals surface area contributed by atoms with Crippen LogP contribution in [-0.4, -0.2) is 26.2 Å². The van der Waals surface area contributed by atoms with E-state index < -0.39 is 4.92 Å². The van der Waals surface area contributed by atoms with Gasteiger partial charge in [0.05, 0.1) is 10.6 Å². The summed E-state index contributed by atoms with van der Waals surface area (Å²) in [7, 11) is 0. The predicted molar refractivity (Wildman–Crippen MR) is 80.4 cm³/mol. The second-order valence-corrected chi connectivity index (χ2v) is 4.99. The molecule has 0 aliphatic carbocycles. The molecule has 0 aromatic carbocycles. The second kappa shape index (κ2) is 6.34. The molecule has 2 rings (SSSR count). The van der Waals surface area contributed by atoms with Gasteiger partial charge in [-0.2, -0.15) is 5.10 Å². The Hall–Kier alpha value is -2.44. The van der Waals surface area contributed by atoms with E-state index >= 15 is 0 Å². The zero-order valence-corrected chi connectivity index (χ0v) is 12.5. The van der Waals surface area contributed by atoms with Crippen molar-refractivity contribution in [2.45, 2.75) is 33.7 Å². The number of aromatic nitrogens is 3. The monoisotopic (exact) mass is 289 g/mol. The van der Waals surface area contributed by atoms with Crippen molar-refractivity contribution in [2.75, 3.05) is 11.9 Å². The van der Waals surface area contributed by atoms with Gasteiger partial charge in [-0.1, -0.05) is 0 Å². The Morgan fingerprint density at radius 1 is 1.33 bits per heavy atom. The van der Waals surface area contributed by atoms with Crippen molar-refractivity contribution in [1.82, 2.24) is 14.8 Å². The number of pyridine rings is 1. The van der Waals surface area contributed by atoms with Gasteiger partial charge in [0.2, 0.25) is 0 Å². The van der Waals surface area contributed by atoms with Gasteiger partial charge in [-0.15, -0.1) is 0 Å². The highest BCUT2D eigenvalue weighted by atomic mass is 16.6. The smallest absolute Gasteiger partial charge is 0.290 e. The Bertz CT molecular complexity index is 651. The molecule has 0 spiro atoms. The predicted octanol–water partition coefficient (Wildman–Crippen LogP) is 2.61. The number of aryl methyl sites for hydroxylation is 4. The number of anilines is 1. The lowest BCUT2D eigenvalue weighted by molar-refractivity contribution is -0.385. The molecule has 0 atom stereocenters. The Kier molecular flexibility index (Phi) is 4.52. The van der Waals surface area contributed by atoms with Crippen molar-refractivity contribution in [1.29, 1.82) is 0 Å². The lowest BCUT2D eigenvalue weighted by atomic mass is 10.3. The topological polar surface area (TPSA) is 85.9 Å². The third kappa shape index (κ3) is 3.77. The average molecular weight is 289 g/mol. The molecule has 21 heavy (non-hydrogen) atoms. The molecule has 0 amide bonds.